The van der Waals surface area contributed by atoms with E-state index in [1.807, 2.05) is 0 Å². The molecule has 2 aromatic carbocycles. The molecule has 0 heterocycles. The predicted octanol–water partition coefficient (Wildman–Crippen LogP) is 4.91. The van der Waals surface area contributed by atoms with Crippen molar-refractivity contribution in [2.24, 2.45) is 0 Å². The van der Waals surface area contributed by atoms with Gasteiger partial charge in [0.2, 0.25) is 0 Å². The third-order valence-corrected chi connectivity index (χ3v) is 4.19. The van der Waals surface area contributed by atoms with Crippen LogP contribution in [0.4, 0.5) is 0 Å². The van der Waals surface area contributed by atoms with Crippen molar-refractivity contribution >= 4 is 16.7 Å². The Labute approximate surface area is 113 Å². The van der Waals surface area contributed by atoms with Crippen LogP contribution in [-0.2, 0) is 0 Å². The molecule has 0 saturated heterocycles. The molecule has 0 heteroatoms. The van der Waals surface area contributed by atoms with Gasteiger partial charge in [-0.15, -0.1) is 0 Å². The Hall–Kier alpha value is -2.34. The van der Waals surface area contributed by atoms with Crippen LogP contribution >= 0.6 is 0 Å². The highest BCUT2D eigenvalue weighted by atomic mass is 14.4. The van der Waals surface area contributed by atoms with Crippen molar-refractivity contribution in [1.82, 2.24) is 0 Å². The molecule has 0 fully saturated rings. The number of rotatable bonds is 0. The van der Waals surface area contributed by atoms with E-state index in [-0.39, 0.29) is 0 Å². The smallest absolute Gasteiger partial charge is 0.0352 e. The van der Waals surface area contributed by atoms with Crippen LogP contribution in [0.5, 0.6) is 0 Å². The molecule has 0 saturated carbocycles. The van der Waals surface area contributed by atoms with Gasteiger partial charge in [-0.2, -0.15) is 0 Å². The summed E-state index contributed by atoms with van der Waals surface area (Å²) >= 11 is 0. The fourth-order valence-electron chi connectivity index (χ4n) is 3.34. The lowest BCUT2D eigenvalue weighted by atomic mass is 9.79. The molecule has 1 unspecified atom stereocenters. The molecule has 0 nitrogen and oxygen atoms in total. The molecule has 2 aliphatic carbocycles. The van der Waals surface area contributed by atoms with Gasteiger partial charge in [-0.25, -0.2) is 0 Å². The first-order valence-corrected chi connectivity index (χ1v) is 6.56. The molecule has 90 valence electrons. The number of fused-ring (bicyclic) bond motifs is 5. The average Bonchev–Trinajstić information content (AvgIpc) is 2.73. The van der Waals surface area contributed by atoms with E-state index in [0.29, 0.717) is 5.92 Å². The van der Waals surface area contributed by atoms with E-state index < -0.39 is 0 Å². The standard InChI is InChI=1S/C19H14/c1-12-11-18-16-9-5-4-8-15(16)13(2)19(18)17-10-6-3-7-14(12)17/h3-11,19H,1-2H2. The van der Waals surface area contributed by atoms with Crippen molar-refractivity contribution in [3.05, 3.63) is 90.0 Å². The zero-order chi connectivity index (χ0) is 13.0. The van der Waals surface area contributed by atoms with Crippen LogP contribution in [-0.4, -0.2) is 0 Å². The fraction of sp³-hybridized carbons (Fsp3) is 0.0526. The summed E-state index contributed by atoms with van der Waals surface area (Å²) in [5, 5.41) is 0. The Bertz CT molecular complexity index is 759. The maximum atomic E-state index is 4.33. The van der Waals surface area contributed by atoms with Crippen LogP contribution in [0, 0.1) is 0 Å². The quantitative estimate of drug-likeness (QED) is 0.616. The highest BCUT2D eigenvalue weighted by molar-refractivity contribution is 6.04. The van der Waals surface area contributed by atoms with Crippen LogP contribution in [0.2, 0.25) is 0 Å². The van der Waals surface area contributed by atoms with Crippen LogP contribution < -0.4 is 0 Å². The average molecular weight is 242 g/mol. The van der Waals surface area contributed by atoms with Crippen molar-refractivity contribution in [1.29, 1.82) is 0 Å². The second-order valence-corrected chi connectivity index (χ2v) is 5.22. The number of allylic oxidation sites excluding steroid dienone is 4. The van der Waals surface area contributed by atoms with Crippen molar-refractivity contribution in [3.63, 3.8) is 0 Å². The summed E-state index contributed by atoms with van der Waals surface area (Å²) in [4.78, 5) is 0. The van der Waals surface area contributed by atoms with Gasteiger partial charge in [-0.1, -0.05) is 67.8 Å². The first kappa shape index (κ1) is 10.6. The summed E-state index contributed by atoms with van der Waals surface area (Å²) in [5.41, 5.74) is 8.85. The first-order valence-electron chi connectivity index (χ1n) is 6.56. The van der Waals surface area contributed by atoms with Gasteiger partial charge >= 0.3 is 0 Å². The Balaban J connectivity index is 2.04. The molecular formula is C19H14. The molecule has 2 aliphatic rings. The van der Waals surface area contributed by atoms with E-state index in [0.717, 1.165) is 5.57 Å². The van der Waals surface area contributed by atoms with Crippen LogP contribution in [0.3, 0.4) is 0 Å². The van der Waals surface area contributed by atoms with Crippen molar-refractivity contribution in [2.75, 3.05) is 0 Å². The molecule has 1 atom stereocenters. The minimum absolute atomic E-state index is 0.305. The molecule has 0 radical (unpaired) electrons. The highest BCUT2D eigenvalue weighted by Gasteiger charge is 2.35. The monoisotopic (exact) mass is 242 g/mol. The topological polar surface area (TPSA) is 0 Å². The summed E-state index contributed by atoms with van der Waals surface area (Å²) in [5.74, 6) is 0.305. The largest absolute Gasteiger partial charge is 0.0942 e. The first-order chi connectivity index (χ1) is 9.27. The van der Waals surface area contributed by atoms with Gasteiger partial charge in [0, 0.05) is 5.92 Å². The molecular weight excluding hydrogens is 228 g/mol. The minimum Gasteiger partial charge on any atom is -0.0942 e. The number of benzene rings is 2. The molecule has 0 bridgehead atoms. The summed E-state index contributed by atoms with van der Waals surface area (Å²) in [6.07, 6.45) is 2.23. The molecule has 2 aromatic rings. The van der Waals surface area contributed by atoms with Gasteiger partial charge in [0.05, 0.1) is 0 Å². The minimum atomic E-state index is 0.305. The lowest BCUT2D eigenvalue weighted by molar-refractivity contribution is 1.14. The lowest BCUT2D eigenvalue weighted by Crippen LogP contribution is -2.05. The summed E-state index contributed by atoms with van der Waals surface area (Å²) < 4.78 is 0. The third-order valence-electron chi connectivity index (χ3n) is 4.19. The van der Waals surface area contributed by atoms with E-state index in [1.54, 1.807) is 0 Å². The lowest BCUT2D eigenvalue weighted by Gasteiger charge is -2.24. The van der Waals surface area contributed by atoms with E-state index in [1.165, 1.54) is 33.4 Å². The molecule has 0 aromatic heterocycles. The summed E-state index contributed by atoms with van der Waals surface area (Å²) in [6.45, 7) is 8.54. The SMILES string of the molecule is C=C1C=C2c3ccccc3C(=C)C2c2ccccc21. The van der Waals surface area contributed by atoms with Gasteiger partial charge < -0.3 is 0 Å². The molecule has 19 heavy (non-hydrogen) atoms. The molecule has 0 N–H and O–H groups in total. The van der Waals surface area contributed by atoms with Crippen molar-refractivity contribution in [2.45, 2.75) is 5.92 Å². The Morgan fingerprint density at radius 2 is 1.37 bits per heavy atom. The van der Waals surface area contributed by atoms with Crippen LogP contribution in [0.1, 0.15) is 28.2 Å². The number of hydrogen-bond acceptors (Lipinski definition) is 0. The molecule has 4 rings (SSSR count). The van der Waals surface area contributed by atoms with E-state index in [2.05, 4.69) is 67.8 Å². The van der Waals surface area contributed by atoms with E-state index in [9.17, 15) is 0 Å². The van der Waals surface area contributed by atoms with Gasteiger partial charge in [-0.3, -0.25) is 0 Å². The van der Waals surface area contributed by atoms with Gasteiger partial charge in [0.1, 0.15) is 0 Å². The van der Waals surface area contributed by atoms with E-state index in [4.69, 9.17) is 0 Å². The zero-order valence-electron chi connectivity index (χ0n) is 10.7. The van der Waals surface area contributed by atoms with Gasteiger partial charge in [-0.05, 0) is 39.0 Å². The zero-order valence-corrected chi connectivity index (χ0v) is 10.7. The molecule has 0 amide bonds. The third kappa shape index (κ3) is 1.29. The van der Waals surface area contributed by atoms with Gasteiger partial charge in [0.25, 0.3) is 0 Å². The van der Waals surface area contributed by atoms with Gasteiger partial charge in [0.15, 0.2) is 0 Å². The Morgan fingerprint density at radius 3 is 2.16 bits per heavy atom. The Kier molecular flexibility index (Phi) is 1.99. The fourth-order valence-corrected chi connectivity index (χ4v) is 3.34. The number of hydrogen-bond donors (Lipinski definition) is 0. The van der Waals surface area contributed by atoms with Crippen molar-refractivity contribution < 1.29 is 0 Å². The van der Waals surface area contributed by atoms with Crippen LogP contribution in [0.15, 0.2) is 67.8 Å². The molecule has 0 spiro atoms. The predicted molar refractivity (Wildman–Crippen MR) is 81.7 cm³/mol. The van der Waals surface area contributed by atoms with E-state index >= 15 is 0 Å². The molecule has 0 aliphatic heterocycles. The second kappa shape index (κ2) is 3.58. The normalized spacial score (nSPS) is 19.6. The van der Waals surface area contributed by atoms with Crippen LogP contribution in [0.25, 0.3) is 16.7 Å². The van der Waals surface area contributed by atoms with Crippen molar-refractivity contribution in [3.8, 4) is 0 Å². The summed E-state index contributed by atoms with van der Waals surface area (Å²) in [7, 11) is 0. The summed E-state index contributed by atoms with van der Waals surface area (Å²) in [6, 6.07) is 17.1. The highest BCUT2D eigenvalue weighted by Crippen LogP contribution is 2.54. The Morgan fingerprint density at radius 1 is 0.737 bits per heavy atom. The maximum absolute atomic E-state index is 4.33. The maximum Gasteiger partial charge on any atom is 0.0352 e. The second-order valence-electron chi connectivity index (χ2n) is 5.22.